The van der Waals surface area contributed by atoms with Crippen molar-refractivity contribution in [1.82, 2.24) is 4.90 Å². The fraction of sp³-hybridized carbons (Fsp3) is 0.529. The molecule has 1 aliphatic carbocycles. The first-order chi connectivity index (χ1) is 9.61. The third-order valence-corrected chi connectivity index (χ3v) is 3.94. The Bertz CT molecular complexity index is 513. The molecule has 1 atom stereocenters. The minimum atomic E-state index is -0.198. The van der Waals surface area contributed by atoms with Crippen LogP contribution in [0.3, 0.4) is 0 Å². The molecule has 2 rings (SSSR count). The van der Waals surface area contributed by atoms with E-state index in [9.17, 15) is 4.39 Å². The minimum absolute atomic E-state index is 0.0391. The van der Waals surface area contributed by atoms with Crippen LogP contribution in [0.15, 0.2) is 18.2 Å². The van der Waals surface area contributed by atoms with E-state index in [-0.39, 0.29) is 12.4 Å². The summed E-state index contributed by atoms with van der Waals surface area (Å²) in [6, 6.07) is 5.65. The molecule has 1 aromatic carbocycles. The third-order valence-electron chi connectivity index (χ3n) is 3.94. The van der Waals surface area contributed by atoms with Crippen molar-refractivity contribution >= 4 is 0 Å². The molecule has 2 nitrogen and oxygen atoms in total. The molecule has 20 heavy (non-hydrogen) atoms. The highest BCUT2D eigenvalue weighted by atomic mass is 19.1. The number of benzene rings is 1. The van der Waals surface area contributed by atoms with Crippen molar-refractivity contribution < 1.29 is 9.50 Å². The van der Waals surface area contributed by atoms with Crippen LogP contribution in [0.25, 0.3) is 0 Å². The molecule has 1 unspecified atom stereocenters. The van der Waals surface area contributed by atoms with Gasteiger partial charge in [0.1, 0.15) is 5.82 Å². The second kappa shape index (κ2) is 6.88. The minimum Gasteiger partial charge on any atom is -0.395 e. The van der Waals surface area contributed by atoms with Gasteiger partial charge < -0.3 is 5.11 Å². The van der Waals surface area contributed by atoms with Gasteiger partial charge >= 0.3 is 0 Å². The predicted octanol–water partition coefficient (Wildman–Crippen LogP) is 2.79. The maximum Gasteiger partial charge on any atom is 0.128 e. The molecule has 1 saturated carbocycles. The average molecular weight is 275 g/mol. The Balaban J connectivity index is 2.00. The fourth-order valence-corrected chi connectivity index (χ4v) is 2.32. The van der Waals surface area contributed by atoms with Gasteiger partial charge in [-0.1, -0.05) is 17.9 Å². The summed E-state index contributed by atoms with van der Waals surface area (Å²) in [5, 5.41) is 8.66. The van der Waals surface area contributed by atoms with Crippen LogP contribution < -0.4 is 0 Å². The second-order valence-corrected chi connectivity index (χ2v) is 5.57. The molecule has 1 N–H and O–H groups in total. The van der Waals surface area contributed by atoms with Gasteiger partial charge in [-0.3, -0.25) is 4.90 Å². The summed E-state index contributed by atoms with van der Waals surface area (Å²) in [6.45, 7) is 2.88. The number of hydrogen-bond donors (Lipinski definition) is 1. The number of rotatable bonds is 5. The summed E-state index contributed by atoms with van der Waals surface area (Å²) in [5.74, 6) is 6.24. The Kier molecular flexibility index (Phi) is 5.17. The van der Waals surface area contributed by atoms with E-state index in [0.717, 1.165) is 5.92 Å². The number of aliphatic hydroxyl groups is 1. The van der Waals surface area contributed by atoms with Gasteiger partial charge in [-0.2, -0.15) is 0 Å². The number of hydrogen-bond acceptors (Lipinski definition) is 2. The topological polar surface area (TPSA) is 23.5 Å². The van der Waals surface area contributed by atoms with E-state index in [4.69, 9.17) is 5.11 Å². The Hall–Kier alpha value is -1.37. The summed E-state index contributed by atoms with van der Waals surface area (Å²) in [5.41, 5.74) is 1.38. The first kappa shape index (κ1) is 15.0. The molecule has 0 aliphatic heterocycles. The van der Waals surface area contributed by atoms with E-state index in [1.54, 1.807) is 0 Å². The van der Waals surface area contributed by atoms with Gasteiger partial charge in [0.2, 0.25) is 0 Å². The van der Waals surface area contributed by atoms with Gasteiger partial charge in [0, 0.05) is 30.1 Å². The van der Waals surface area contributed by atoms with Gasteiger partial charge in [-0.05, 0) is 44.9 Å². The SMILES string of the molecule is CC(C1CC1)N(C)Cc1ccc(C#CCCO)cc1F. The van der Waals surface area contributed by atoms with Crippen molar-refractivity contribution in [3.8, 4) is 11.8 Å². The van der Waals surface area contributed by atoms with Crippen molar-refractivity contribution in [3.63, 3.8) is 0 Å². The molecule has 1 aliphatic rings. The second-order valence-electron chi connectivity index (χ2n) is 5.57. The lowest BCUT2D eigenvalue weighted by atomic mass is 10.1. The summed E-state index contributed by atoms with van der Waals surface area (Å²) >= 11 is 0. The summed E-state index contributed by atoms with van der Waals surface area (Å²) < 4.78 is 14.1. The van der Waals surface area contributed by atoms with E-state index in [2.05, 4.69) is 30.7 Å². The molecule has 0 amide bonds. The zero-order chi connectivity index (χ0) is 14.5. The molecule has 3 heteroatoms. The summed E-state index contributed by atoms with van der Waals surface area (Å²) in [6.07, 6.45) is 3.02. The maximum atomic E-state index is 14.1. The fourth-order valence-electron chi connectivity index (χ4n) is 2.32. The van der Waals surface area contributed by atoms with E-state index >= 15 is 0 Å². The van der Waals surface area contributed by atoms with Crippen LogP contribution in [0.2, 0.25) is 0 Å². The maximum absolute atomic E-state index is 14.1. The molecule has 0 bridgehead atoms. The Morgan fingerprint density at radius 1 is 1.45 bits per heavy atom. The van der Waals surface area contributed by atoms with Crippen molar-refractivity contribution in [2.45, 2.75) is 38.8 Å². The molecular weight excluding hydrogens is 253 g/mol. The number of halogens is 1. The van der Waals surface area contributed by atoms with E-state index < -0.39 is 0 Å². The van der Waals surface area contributed by atoms with Crippen LogP contribution in [0.5, 0.6) is 0 Å². The third kappa shape index (κ3) is 4.06. The highest BCUT2D eigenvalue weighted by Gasteiger charge is 2.30. The number of nitrogens with zero attached hydrogens (tertiary/aromatic N) is 1. The standard InChI is InChI=1S/C17H22FNO/c1-13(15-8-9-15)19(2)12-16-7-6-14(11-17(16)18)5-3-4-10-20/h6-7,11,13,15,20H,4,8-10,12H2,1-2H3. The lowest BCUT2D eigenvalue weighted by Gasteiger charge is -2.24. The van der Waals surface area contributed by atoms with Gasteiger partial charge in [0.05, 0.1) is 6.61 Å². The van der Waals surface area contributed by atoms with Crippen LogP contribution in [0, 0.1) is 23.6 Å². The molecule has 0 aromatic heterocycles. The molecule has 108 valence electrons. The molecule has 1 aromatic rings. The van der Waals surface area contributed by atoms with Crippen LogP contribution in [-0.4, -0.2) is 29.7 Å². The van der Waals surface area contributed by atoms with Crippen LogP contribution >= 0.6 is 0 Å². The highest BCUT2D eigenvalue weighted by molar-refractivity contribution is 5.37. The summed E-state index contributed by atoms with van der Waals surface area (Å²) in [4.78, 5) is 2.22. The van der Waals surface area contributed by atoms with Gasteiger partial charge in [-0.15, -0.1) is 0 Å². The van der Waals surface area contributed by atoms with Crippen molar-refractivity contribution in [3.05, 3.63) is 35.1 Å². The zero-order valence-electron chi connectivity index (χ0n) is 12.2. The smallest absolute Gasteiger partial charge is 0.128 e. The monoisotopic (exact) mass is 275 g/mol. The highest BCUT2D eigenvalue weighted by Crippen LogP contribution is 2.35. The molecule has 0 heterocycles. The van der Waals surface area contributed by atoms with Crippen LogP contribution in [0.4, 0.5) is 4.39 Å². The molecule has 0 saturated heterocycles. The first-order valence-corrected chi connectivity index (χ1v) is 7.20. The Morgan fingerprint density at radius 3 is 2.80 bits per heavy atom. The van der Waals surface area contributed by atoms with E-state index in [1.165, 1.54) is 18.9 Å². The molecule has 0 spiro atoms. The van der Waals surface area contributed by atoms with E-state index in [1.807, 2.05) is 12.1 Å². The van der Waals surface area contributed by atoms with Crippen molar-refractivity contribution in [2.24, 2.45) is 5.92 Å². The average Bonchev–Trinajstić information content (AvgIpc) is 3.25. The lowest BCUT2D eigenvalue weighted by molar-refractivity contribution is 0.224. The van der Waals surface area contributed by atoms with Crippen LogP contribution in [-0.2, 0) is 6.54 Å². The normalized spacial score (nSPS) is 15.8. The van der Waals surface area contributed by atoms with E-state index in [0.29, 0.717) is 30.1 Å². The van der Waals surface area contributed by atoms with Gasteiger partial charge in [0.25, 0.3) is 0 Å². The molecular formula is C17H22FNO. The van der Waals surface area contributed by atoms with Gasteiger partial charge in [0.15, 0.2) is 0 Å². The molecule has 1 fully saturated rings. The lowest BCUT2D eigenvalue weighted by Crippen LogP contribution is -2.30. The zero-order valence-corrected chi connectivity index (χ0v) is 12.2. The van der Waals surface area contributed by atoms with Crippen LogP contribution in [0.1, 0.15) is 37.3 Å². The summed E-state index contributed by atoms with van der Waals surface area (Å²) in [7, 11) is 2.05. The predicted molar refractivity (Wildman–Crippen MR) is 78.6 cm³/mol. The largest absolute Gasteiger partial charge is 0.395 e. The quantitative estimate of drug-likeness (QED) is 0.835. The number of aliphatic hydroxyl groups excluding tert-OH is 1. The Morgan fingerprint density at radius 2 is 2.20 bits per heavy atom. The Labute approximate surface area is 120 Å². The van der Waals surface area contributed by atoms with Crippen molar-refractivity contribution in [2.75, 3.05) is 13.7 Å². The molecule has 0 radical (unpaired) electrons. The first-order valence-electron chi connectivity index (χ1n) is 7.20. The van der Waals surface area contributed by atoms with Gasteiger partial charge in [-0.25, -0.2) is 4.39 Å². The van der Waals surface area contributed by atoms with Crippen molar-refractivity contribution in [1.29, 1.82) is 0 Å².